The number of aldehydes is 1. The summed E-state index contributed by atoms with van der Waals surface area (Å²) in [5, 5.41) is 0. The van der Waals surface area contributed by atoms with Gasteiger partial charge in [-0.1, -0.05) is 32.1 Å². The van der Waals surface area contributed by atoms with Crippen LogP contribution in [0.4, 0.5) is 0 Å². The van der Waals surface area contributed by atoms with Crippen LogP contribution in [-0.4, -0.2) is 25.3 Å². The second kappa shape index (κ2) is 5.15. The summed E-state index contributed by atoms with van der Waals surface area (Å²) in [5.41, 5.74) is -0.395. The third-order valence-corrected chi connectivity index (χ3v) is 2.05. The minimum absolute atomic E-state index is 0.0233. The molecule has 0 aromatic rings. The summed E-state index contributed by atoms with van der Waals surface area (Å²) in [6.07, 6.45) is 9.14. The highest BCUT2D eigenvalue weighted by molar-refractivity contribution is 5.61. The van der Waals surface area contributed by atoms with Crippen molar-refractivity contribution >= 4 is 6.29 Å². The van der Waals surface area contributed by atoms with Crippen LogP contribution in [0.15, 0.2) is 24.4 Å². The molecule has 0 radical (unpaired) electrons. The molecular weight excluding hydrogens is 186 g/mol. The molecule has 2 heteroatoms. The summed E-state index contributed by atoms with van der Waals surface area (Å²) in [4.78, 5) is 12.7. The monoisotopic (exact) mass is 209 g/mol. The van der Waals surface area contributed by atoms with Crippen molar-refractivity contribution in [3.63, 3.8) is 0 Å². The number of allylic oxidation sites excluding steroid dienone is 3. The molecular formula is C13H23NO. The molecule has 0 saturated heterocycles. The van der Waals surface area contributed by atoms with Crippen molar-refractivity contribution in [2.75, 3.05) is 14.1 Å². The van der Waals surface area contributed by atoms with Crippen molar-refractivity contribution in [3.05, 3.63) is 24.4 Å². The van der Waals surface area contributed by atoms with Crippen molar-refractivity contribution in [2.45, 2.75) is 27.7 Å². The third-order valence-electron chi connectivity index (χ3n) is 2.05. The lowest BCUT2D eigenvalue weighted by Gasteiger charge is -2.19. The Bertz CT molecular complexity index is 260. The predicted molar refractivity (Wildman–Crippen MR) is 65.6 cm³/mol. The predicted octanol–water partition coefficient (Wildman–Crippen LogP) is 2.87. The highest BCUT2D eigenvalue weighted by atomic mass is 16.1. The second-order valence-corrected chi connectivity index (χ2v) is 5.37. The van der Waals surface area contributed by atoms with Gasteiger partial charge in [0.05, 0.1) is 0 Å². The minimum Gasteiger partial charge on any atom is -0.384 e. The van der Waals surface area contributed by atoms with Gasteiger partial charge in [-0.25, -0.2) is 0 Å². The molecule has 0 bridgehead atoms. The minimum atomic E-state index is -0.372. The molecule has 0 saturated carbocycles. The average Bonchev–Trinajstić information content (AvgIpc) is 2.13. The Balaban J connectivity index is 4.57. The van der Waals surface area contributed by atoms with Gasteiger partial charge in [-0.2, -0.15) is 0 Å². The molecule has 0 aromatic heterocycles. The van der Waals surface area contributed by atoms with E-state index in [4.69, 9.17) is 0 Å². The van der Waals surface area contributed by atoms with E-state index in [1.807, 2.05) is 45.1 Å². The van der Waals surface area contributed by atoms with E-state index in [0.29, 0.717) is 0 Å². The van der Waals surface area contributed by atoms with Crippen LogP contribution in [0.1, 0.15) is 27.7 Å². The van der Waals surface area contributed by atoms with Crippen LogP contribution in [0.5, 0.6) is 0 Å². The maximum atomic E-state index is 10.7. The lowest BCUT2D eigenvalue weighted by atomic mass is 9.87. The summed E-state index contributed by atoms with van der Waals surface area (Å²) in [5.74, 6) is 0. The maximum Gasteiger partial charge on any atom is 0.129 e. The Morgan fingerprint density at radius 1 is 0.867 bits per heavy atom. The van der Waals surface area contributed by atoms with Crippen molar-refractivity contribution in [1.82, 2.24) is 4.90 Å². The Hall–Kier alpha value is -1.05. The van der Waals surface area contributed by atoms with Gasteiger partial charge in [0.1, 0.15) is 6.29 Å². The molecule has 0 aliphatic heterocycles. The molecule has 0 heterocycles. The zero-order valence-corrected chi connectivity index (χ0v) is 10.7. The first-order chi connectivity index (χ1) is 6.68. The van der Waals surface area contributed by atoms with Crippen LogP contribution in [0.25, 0.3) is 0 Å². The number of nitrogens with zero attached hydrogens (tertiary/aromatic N) is 1. The SMILES string of the molecule is CN(C)/C=C/C(C)(C)/C=C/C(C)(C)C=O. The Kier molecular flexibility index (Phi) is 4.79. The number of carbonyl (C=O) groups is 1. The molecule has 0 atom stereocenters. The van der Waals surface area contributed by atoms with Gasteiger partial charge >= 0.3 is 0 Å². The zero-order valence-electron chi connectivity index (χ0n) is 10.7. The van der Waals surface area contributed by atoms with E-state index in [1.165, 1.54) is 0 Å². The average molecular weight is 209 g/mol. The quantitative estimate of drug-likeness (QED) is 0.512. The fourth-order valence-electron chi connectivity index (χ4n) is 0.866. The Morgan fingerprint density at radius 3 is 1.73 bits per heavy atom. The topological polar surface area (TPSA) is 20.3 Å². The summed E-state index contributed by atoms with van der Waals surface area (Å²) in [6.45, 7) is 8.04. The van der Waals surface area contributed by atoms with Gasteiger partial charge < -0.3 is 9.69 Å². The van der Waals surface area contributed by atoms with Gasteiger partial charge in [0.15, 0.2) is 0 Å². The van der Waals surface area contributed by atoms with Crippen LogP contribution in [0.3, 0.4) is 0 Å². The van der Waals surface area contributed by atoms with Gasteiger partial charge in [-0.05, 0) is 20.0 Å². The molecule has 0 aromatic carbocycles. The normalized spacial score (nSPS) is 13.7. The van der Waals surface area contributed by atoms with Gasteiger partial charge in [0.25, 0.3) is 0 Å². The standard InChI is InChI=1S/C13H23NO/c1-12(2,9-10-14(5)6)7-8-13(3,4)11-15/h7-11H,1-6H3/b8-7+,10-9+. The largest absolute Gasteiger partial charge is 0.384 e. The molecule has 0 aliphatic rings. The first-order valence-corrected chi connectivity index (χ1v) is 5.21. The molecule has 2 nitrogen and oxygen atoms in total. The van der Waals surface area contributed by atoms with Crippen molar-refractivity contribution in [1.29, 1.82) is 0 Å². The second-order valence-electron chi connectivity index (χ2n) is 5.37. The zero-order chi connectivity index (χ0) is 12.1. The van der Waals surface area contributed by atoms with E-state index in [9.17, 15) is 4.79 Å². The molecule has 0 rings (SSSR count). The molecule has 15 heavy (non-hydrogen) atoms. The van der Waals surface area contributed by atoms with E-state index in [1.54, 1.807) is 0 Å². The first kappa shape index (κ1) is 13.9. The van der Waals surface area contributed by atoms with Gasteiger partial charge in [0.2, 0.25) is 0 Å². The first-order valence-electron chi connectivity index (χ1n) is 5.21. The van der Waals surface area contributed by atoms with Gasteiger partial charge in [0, 0.05) is 24.9 Å². The lowest BCUT2D eigenvalue weighted by molar-refractivity contribution is -0.112. The van der Waals surface area contributed by atoms with Crippen LogP contribution < -0.4 is 0 Å². The molecule has 0 spiro atoms. The van der Waals surface area contributed by atoms with E-state index in [2.05, 4.69) is 26.0 Å². The number of rotatable bonds is 5. The van der Waals surface area contributed by atoms with E-state index in [0.717, 1.165) is 6.29 Å². The fraction of sp³-hybridized carbons (Fsp3) is 0.615. The smallest absolute Gasteiger partial charge is 0.129 e. The van der Waals surface area contributed by atoms with E-state index < -0.39 is 0 Å². The highest BCUT2D eigenvalue weighted by Crippen LogP contribution is 2.23. The van der Waals surface area contributed by atoms with Crippen molar-refractivity contribution < 1.29 is 4.79 Å². The fourth-order valence-corrected chi connectivity index (χ4v) is 0.866. The summed E-state index contributed by atoms with van der Waals surface area (Å²) in [7, 11) is 3.98. The Labute approximate surface area is 93.7 Å². The summed E-state index contributed by atoms with van der Waals surface area (Å²) >= 11 is 0. The highest BCUT2D eigenvalue weighted by Gasteiger charge is 2.15. The van der Waals surface area contributed by atoms with Crippen LogP contribution in [-0.2, 0) is 4.79 Å². The van der Waals surface area contributed by atoms with Gasteiger partial charge in [-0.3, -0.25) is 0 Å². The van der Waals surface area contributed by atoms with Crippen LogP contribution >= 0.6 is 0 Å². The molecule has 86 valence electrons. The molecule has 0 amide bonds. The molecule has 0 N–H and O–H groups in total. The number of carbonyl (C=O) groups excluding carboxylic acids is 1. The van der Waals surface area contributed by atoms with Crippen molar-refractivity contribution in [2.24, 2.45) is 10.8 Å². The lowest BCUT2D eigenvalue weighted by Crippen LogP contribution is -2.12. The van der Waals surface area contributed by atoms with Crippen LogP contribution in [0.2, 0.25) is 0 Å². The molecule has 0 aliphatic carbocycles. The third kappa shape index (κ3) is 6.95. The van der Waals surface area contributed by atoms with E-state index in [-0.39, 0.29) is 10.8 Å². The Morgan fingerprint density at radius 2 is 1.33 bits per heavy atom. The summed E-state index contributed by atoms with van der Waals surface area (Å²) < 4.78 is 0. The number of hydrogen-bond donors (Lipinski definition) is 0. The summed E-state index contributed by atoms with van der Waals surface area (Å²) in [6, 6.07) is 0. The maximum absolute atomic E-state index is 10.7. The number of hydrogen-bond acceptors (Lipinski definition) is 2. The van der Waals surface area contributed by atoms with Crippen LogP contribution in [0, 0.1) is 10.8 Å². The van der Waals surface area contributed by atoms with Crippen molar-refractivity contribution in [3.8, 4) is 0 Å². The molecule has 0 fully saturated rings. The van der Waals surface area contributed by atoms with Gasteiger partial charge in [-0.15, -0.1) is 0 Å². The molecule has 0 unspecified atom stereocenters. The van der Waals surface area contributed by atoms with E-state index >= 15 is 0 Å².